The number of rotatable bonds is 2. The van der Waals surface area contributed by atoms with Crippen molar-refractivity contribution in [3.8, 4) is 23.0 Å². The van der Waals surface area contributed by atoms with E-state index in [0.29, 0.717) is 11.5 Å². The van der Waals surface area contributed by atoms with Crippen LogP contribution in [-0.4, -0.2) is 10.2 Å². The zero-order valence-corrected chi connectivity index (χ0v) is 11.5. The lowest BCUT2D eigenvalue weighted by atomic mass is 10.1. The van der Waals surface area contributed by atoms with Crippen molar-refractivity contribution in [1.82, 2.24) is 0 Å². The fourth-order valence-electron chi connectivity index (χ4n) is 2.46. The Morgan fingerprint density at radius 3 is 2.00 bits per heavy atom. The number of aromatic hydroxyl groups is 2. The first-order valence-corrected chi connectivity index (χ1v) is 6.81. The Balaban J connectivity index is 1.80. The topological polar surface area (TPSA) is 62.8 Å². The highest BCUT2D eigenvalue weighted by Gasteiger charge is 2.09. The number of furan rings is 1. The molecule has 3 aromatic carbocycles. The van der Waals surface area contributed by atoms with Crippen LogP contribution >= 0.6 is 0 Å². The van der Waals surface area contributed by atoms with Gasteiger partial charge in [-0.1, -0.05) is 0 Å². The molecule has 0 aliphatic heterocycles. The van der Waals surface area contributed by atoms with E-state index in [2.05, 4.69) is 0 Å². The van der Waals surface area contributed by atoms with Gasteiger partial charge in [-0.05, 0) is 60.7 Å². The number of ether oxygens (including phenoxy) is 1. The van der Waals surface area contributed by atoms with Gasteiger partial charge in [0.2, 0.25) is 0 Å². The molecule has 22 heavy (non-hydrogen) atoms. The summed E-state index contributed by atoms with van der Waals surface area (Å²) in [6.45, 7) is 0. The Kier molecular flexibility index (Phi) is 2.69. The standard InChI is InChI=1S/C18H12O4/c19-11-1-4-13(5-2-11)21-14-6-8-18-16(10-14)15-9-12(20)3-7-17(15)22-18/h1-10,19-20H. The highest BCUT2D eigenvalue weighted by molar-refractivity contribution is 6.05. The molecule has 0 saturated carbocycles. The van der Waals surface area contributed by atoms with Crippen molar-refractivity contribution in [2.45, 2.75) is 0 Å². The average molecular weight is 292 g/mol. The van der Waals surface area contributed by atoms with Crippen LogP contribution in [0.2, 0.25) is 0 Å². The first-order chi connectivity index (χ1) is 10.7. The smallest absolute Gasteiger partial charge is 0.135 e. The molecule has 0 atom stereocenters. The van der Waals surface area contributed by atoms with Crippen molar-refractivity contribution in [3.05, 3.63) is 60.7 Å². The summed E-state index contributed by atoms with van der Waals surface area (Å²) in [5.74, 6) is 1.68. The molecule has 1 heterocycles. The molecule has 108 valence electrons. The summed E-state index contributed by atoms with van der Waals surface area (Å²) < 4.78 is 11.5. The van der Waals surface area contributed by atoms with Gasteiger partial charge in [0.05, 0.1) is 0 Å². The van der Waals surface area contributed by atoms with E-state index in [4.69, 9.17) is 9.15 Å². The van der Waals surface area contributed by atoms with E-state index < -0.39 is 0 Å². The van der Waals surface area contributed by atoms with E-state index in [9.17, 15) is 10.2 Å². The lowest BCUT2D eigenvalue weighted by molar-refractivity contribution is 0.464. The van der Waals surface area contributed by atoms with Crippen LogP contribution < -0.4 is 4.74 Å². The van der Waals surface area contributed by atoms with E-state index in [1.807, 2.05) is 18.2 Å². The second-order valence-corrected chi connectivity index (χ2v) is 5.04. The first-order valence-electron chi connectivity index (χ1n) is 6.81. The van der Waals surface area contributed by atoms with Gasteiger partial charge in [-0.15, -0.1) is 0 Å². The van der Waals surface area contributed by atoms with Gasteiger partial charge in [-0.25, -0.2) is 0 Å². The van der Waals surface area contributed by atoms with Gasteiger partial charge in [0.1, 0.15) is 34.2 Å². The fraction of sp³-hybridized carbons (Fsp3) is 0. The summed E-state index contributed by atoms with van der Waals surface area (Å²) in [6.07, 6.45) is 0. The molecule has 4 aromatic rings. The van der Waals surface area contributed by atoms with Crippen LogP contribution in [0.1, 0.15) is 0 Å². The van der Waals surface area contributed by atoms with Gasteiger partial charge in [-0.2, -0.15) is 0 Å². The van der Waals surface area contributed by atoms with E-state index >= 15 is 0 Å². The molecule has 0 aliphatic carbocycles. The zero-order valence-electron chi connectivity index (χ0n) is 11.5. The van der Waals surface area contributed by atoms with Gasteiger partial charge in [-0.3, -0.25) is 0 Å². The average Bonchev–Trinajstić information content (AvgIpc) is 2.87. The van der Waals surface area contributed by atoms with Gasteiger partial charge in [0, 0.05) is 10.8 Å². The van der Waals surface area contributed by atoms with E-state index in [1.54, 1.807) is 42.5 Å². The van der Waals surface area contributed by atoms with Gasteiger partial charge >= 0.3 is 0 Å². The third kappa shape index (κ3) is 2.11. The molecule has 1 aromatic heterocycles. The van der Waals surface area contributed by atoms with Crippen LogP contribution in [0, 0.1) is 0 Å². The molecule has 0 bridgehead atoms. The molecular weight excluding hydrogens is 280 g/mol. The summed E-state index contributed by atoms with van der Waals surface area (Å²) in [5, 5.41) is 20.6. The minimum atomic E-state index is 0.194. The van der Waals surface area contributed by atoms with Gasteiger partial charge in [0.15, 0.2) is 0 Å². The minimum Gasteiger partial charge on any atom is -0.508 e. The molecule has 0 radical (unpaired) electrons. The molecule has 4 nitrogen and oxygen atoms in total. The summed E-state index contributed by atoms with van der Waals surface area (Å²) in [6, 6.07) is 17.1. The van der Waals surface area contributed by atoms with Crippen LogP contribution in [0.25, 0.3) is 21.9 Å². The Bertz CT molecular complexity index is 968. The minimum absolute atomic E-state index is 0.194. The van der Waals surface area contributed by atoms with Crippen molar-refractivity contribution in [1.29, 1.82) is 0 Å². The SMILES string of the molecule is Oc1ccc(Oc2ccc3oc4ccc(O)cc4c3c2)cc1. The predicted molar refractivity (Wildman–Crippen MR) is 83.6 cm³/mol. The molecule has 0 saturated heterocycles. The molecule has 0 amide bonds. The number of phenols is 2. The summed E-state index contributed by atoms with van der Waals surface area (Å²) in [7, 11) is 0. The Morgan fingerprint density at radius 2 is 1.23 bits per heavy atom. The van der Waals surface area contributed by atoms with E-state index in [-0.39, 0.29) is 11.5 Å². The van der Waals surface area contributed by atoms with Crippen LogP contribution in [-0.2, 0) is 0 Å². The predicted octanol–water partition coefficient (Wildman–Crippen LogP) is 4.79. The first kappa shape index (κ1) is 12.6. The zero-order chi connectivity index (χ0) is 15.1. The van der Waals surface area contributed by atoms with E-state index in [0.717, 1.165) is 21.9 Å². The monoisotopic (exact) mass is 292 g/mol. The molecule has 0 aliphatic rings. The maximum absolute atomic E-state index is 9.64. The fourth-order valence-corrected chi connectivity index (χ4v) is 2.46. The van der Waals surface area contributed by atoms with Crippen molar-refractivity contribution in [2.24, 2.45) is 0 Å². The van der Waals surface area contributed by atoms with Crippen LogP contribution in [0.5, 0.6) is 23.0 Å². The lowest BCUT2D eigenvalue weighted by Crippen LogP contribution is -1.83. The molecule has 0 spiro atoms. The van der Waals surface area contributed by atoms with Crippen molar-refractivity contribution >= 4 is 21.9 Å². The van der Waals surface area contributed by atoms with Gasteiger partial charge < -0.3 is 19.4 Å². The van der Waals surface area contributed by atoms with Crippen molar-refractivity contribution in [3.63, 3.8) is 0 Å². The van der Waals surface area contributed by atoms with Crippen molar-refractivity contribution in [2.75, 3.05) is 0 Å². The molecule has 4 heteroatoms. The summed E-state index contributed by atoms with van der Waals surface area (Å²) >= 11 is 0. The van der Waals surface area contributed by atoms with Crippen LogP contribution in [0.4, 0.5) is 0 Å². The molecule has 0 fully saturated rings. The Morgan fingerprint density at radius 1 is 0.636 bits per heavy atom. The highest BCUT2D eigenvalue weighted by atomic mass is 16.5. The number of fused-ring (bicyclic) bond motifs is 3. The number of hydrogen-bond donors (Lipinski definition) is 2. The highest BCUT2D eigenvalue weighted by Crippen LogP contribution is 2.34. The van der Waals surface area contributed by atoms with Crippen LogP contribution in [0.3, 0.4) is 0 Å². The lowest BCUT2D eigenvalue weighted by Gasteiger charge is -2.05. The van der Waals surface area contributed by atoms with Crippen molar-refractivity contribution < 1.29 is 19.4 Å². The number of hydrogen-bond acceptors (Lipinski definition) is 4. The molecule has 0 unspecified atom stereocenters. The third-order valence-electron chi connectivity index (χ3n) is 3.50. The maximum atomic E-state index is 9.64. The summed E-state index contributed by atoms with van der Waals surface area (Å²) in [4.78, 5) is 0. The third-order valence-corrected chi connectivity index (χ3v) is 3.50. The number of phenolic OH excluding ortho intramolecular Hbond substituents is 2. The Hall–Kier alpha value is -3.14. The second-order valence-electron chi connectivity index (χ2n) is 5.04. The maximum Gasteiger partial charge on any atom is 0.135 e. The number of benzene rings is 3. The summed E-state index contributed by atoms with van der Waals surface area (Å²) in [5.41, 5.74) is 1.45. The molecular formula is C18H12O4. The Labute approximate surface area is 125 Å². The normalized spacial score (nSPS) is 11.1. The quantitative estimate of drug-likeness (QED) is 0.557. The molecule has 4 rings (SSSR count). The second kappa shape index (κ2) is 4.70. The molecule has 2 N–H and O–H groups in total. The van der Waals surface area contributed by atoms with Crippen LogP contribution in [0.15, 0.2) is 65.1 Å². The van der Waals surface area contributed by atoms with Gasteiger partial charge in [0.25, 0.3) is 0 Å². The van der Waals surface area contributed by atoms with E-state index in [1.165, 1.54) is 0 Å². The largest absolute Gasteiger partial charge is 0.508 e.